The highest BCUT2D eigenvalue weighted by molar-refractivity contribution is 6.34. The smallest absolute Gasteiger partial charge is 0.337 e. The molecule has 0 radical (unpaired) electrons. The lowest BCUT2D eigenvalue weighted by Gasteiger charge is -2.07. The first-order chi connectivity index (χ1) is 9.86. The average molecular weight is 346 g/mol. The number of carbonyl (C=O) groups is 2. The van der Waals surface area contributed by atoms with Gasteiger partial charge in [-0.25, -0.2) is 9.78 Å². The molecule has 2 rings (SSSR count). The van der Waals surface area contributed by atoms with Crippen molar-refractivity contribution in [2.75, 3.05) is 5.32 Å². The van der Waals surface area contributed by atoms with Crippen LogP contribution in [-0.4, -0.2) is 22.0 Å². The molecule has 108 valence electrons. The Morgan fingerprint density at radius 2 is 1.67 bits per heavy atom. The number of anilines is 1. The van der Waals surface area contributed by atoms with E-state index in [2.05, 4.69) is 10.3 Å². The number of nitrogens with one attached hydrogen (secondary N) is 1. The molecule has 0 bridgehead atoms. The summed E-state index contributed by atoms with van der Waals surface area (Å²) in [6.07, 6.45) is 0. The normalized spacial score (nSPS) is 10.2. The molecule has 0 aliphatic rings. The van der Waals surface area contributed by atoms with E-state index in [1.165, 1.54) is 30.3 Å². The number of rotatable bonds is 3. The van der Waals surface area contributed by atoms with Crippen molar-refractivity contribution < 1.29 is 14.7 Å². The molecule has 0 spiro atoms. The topological polar surface area (TPSA) is 79.3 Å². The SMILES string of the molecule is O=C(Nc1ccc(C(=O)O)c(Cl)c1)c1cc(Cl)nc(Cl)c1. The number of aromatic nitrogens is 1. The van der Waals surface area contributed by atoms with E-state index in [9.17, 15) is 9.59 Å². The largest absolute Gasteiger partial charge is 0.478 e. The van der Waals surface area contributed by atoms with E-state index in [0.29, 0.717) is 5.69 Å². The number of aromatic carboxylic acids is 1. The van der Waals surface area contributed by atoms with E-state index in [0.717, 1.165) is 0 Å². The van der Waals surface area contributed by atoms with E-state index in [1.807, 2.05) is 0 Å². The van der Waals surface area contributed by atoms with Crippen molar-refractivity contribution in [3.8, 4) is 0 Å². The molecule has 0 saturated carbocycles. The van der Waals surface area contributed by atoms with E-state index in [4.69, 9.17) is 39.9 Å². The van der Waals surface area contributed by atoms with Crippen molar-refractivity contribution in [1.29, 1.82) is 0 Å². The number of hydrogen-bond acceptors (Lipinski definition) is 3. The van der Waals surface area contributed by atoms with E-state index >= 15 is 0 Å². The molecule has 0 saturated heterocycles. The second-order valence-electron chi connectivity index (χ2n) is 3.96. The Kier molecular flexibility index (Phi) is 4.67. The lowest BCUT2D eigenvalue weighted by Crippen LogP contribution is -2.12. The molecule has 8 heteroatoms. The number of nitrogens with zero attached hydrogens (tertiary/aromatic N) is 1. The molecule has 1 aromatic heterocycles. The van der Waals surface area contributed by atoms with Gasteiger partial charge < -0.3 is 10.4 Å². The van der Waals surface area contributed by atoms with Crippen molar-refractivity contribution in [2.24, 2.45) is 0 Å². The lowest BCUT2D eigenvalue weighted by molar-refractivity contribution is 0.0697. The minimum absolute atomic E-state index is 0.0195. The van der Waals surface area contributed by atoms with Crippen LogP contribution in [0.3, 0.4) is 0 Å². The van der Waals surface area contributed by atoms with Gasteiger partial charge in [0, 0.05) is 11.3 Å². The van der Waals surface area contributed by atoms with Gasteiger partial charge in [-0.3, -0.25) is 4.79 Å². The summed E-state index contributed by atoms with van der Waals surface area (Å²) in [4.78, 5) is 26.6. The fraction of sp³-hybridized carbons (Fsp3) is 0. The van der Waals surface area contributed by atoms with Gasteiger partial charge in [0.15, 0.2) is 0 Å². The first-order valence-electron chi connectivity index (χ1n) is 5.54. The molecule has 5 nitrogen and oxygen atoms in total. The number of carbonyl (C=O) groups excluding carboxylic acids is 1. The van der Waals surface area contributed by atoms with Gasteiger partial charge in [0.05, 0.1) is 10.6 Å². The van der Waals surface area contributed by atoms with Gasteiger partial charge in [0.1, 0.15) is 10.3 Å². The van der Waals surface area contributed by atoms with Gasteiger partial charge in [0.2, 0.25) is 0 Å². The fourth-order valence-corrected chi connectivity index (χ4v) is 2.29. The van der Waals surface area contributed by atoms with Crippen molar-refractivity contribution >= 4 is 52.4 Å². The first kappa shape index (κ1) is 15.6. The number of pyridine rings is 1. The Hall–Kier alpha value is -1.82. The standard InChI is InChI=1S/C13H7Cl3N2O3/c14-9-5-7(1-2-8(9)13(20)21)17-12(19)6-3-10(15)18-11(16)4-6/h1-5H,(H,17,19)(H,20,21). The van der Waals surface area contributed by atoms with Gasteiger partial charge in [0.25, 0.3) is 5.91 Å². The van der Waals surface area contributed by atoms with Crippen molar-refractivity contribution in [1.82, 2.24) is 4.98 Å². The van der Waals surface area contributed by atoms with Crippen LogP contribution in [-0.2, 0) is 0 Å². The Morgan fingerprint density at radius 1 is 1.05 bits per heavy atom. The quantitative estimate of drug-likeness (QED) is 0.824. The molecular weight excluding hydrogens is 339 g/mol. The van der Waals surface area contributed by atoms with Gasteiger partial charge in [-0.05, 0) is 30.3 Å². The zero-order valence-corrected chi connectivity index (χ0v) is 12.5. The zero-order chi connectivity index (χ0) is 15.6. The Balaban J connectivity index is 2.23. The van der Waals surface area contributed by atoms with Crippen LogP contribution >= 0.6 is 34.8 Å². The van der Waals surface area contributed by atoms with Gasteiger partial charge in [-0.2, -0.15) is 0 Å². The summed E-state index contributed by atoms with van der Waals surface area (Å²) in [6, 6.07) is 6.78. The summed E-state index contributed by atoms with van der Waals surface area (Å²) in [6.45, 7) is 0. The minimum atomic E-state index is -1.15. The second kappa shape index (κ2) is 6.30. The maximum Gasteiger partial charge on any atom is 0.337 e. The molecule has 2 N–H and O–H groups in total. The van der Waals surface area contributed by atoms with Crippen molar-refractivity contribution in [2.45, 2.75) is 0 Å². The summed E-state index contributed by atoms with van der Waals surface area (Å²) in [5, 5.41) is 11.6. The highest BCUT2D eigenvalue weighted by Gasteiger charge is 2.12. The van der Waals surface area contributed by atoms with E-state index in [1.54, 1.807) is 0 Å². The maximum atomic E-state index is 12.0. The van der Waals surface area contributed by atoms with E-state index in [-0.39, 0.29) is 26.5 Å². The molecule has 1 aromatic carbocycles. The van der Waals surface area contributed by atoms with Crippen LogP contribution in [0.25, 0.3) is 0 Å². The number of halogens is 3. The molecule has 1 amide bonds. The maximum absolute atomic E-state index is 12.0. The first-order valence-corrected chi connectivity index (χ1v) is 6.67. The van der Waals surface area contributed by atoms with Crippen LogP contribution in [0, 0.1) is 0 Å². The van der Waals surface area contributed by atoms with Crippen molar-refractivity contribution in [3.63, 3.8) is 0 Å². The Bertz CT molecular complexity index is 714. The lowest BCUT2D eigenvalue weighted by atomic mass is 10.2. The van der Waals surface area contributed by atoms with Gasteiger partial charge in [-0.1, -0.05) is 34.8 Å². The molecule has 0 aliphatic carbocycles. The van der Waals surface area contributed by atoms with Crippen molar-refractivity contribution in [3.05, 3.63) is 56.8 Å². The molecule has 0 unspecified atom stereocenters. The Labute approximate surface area is 134 Å². The predicted octanol–water partition coefficient (Wildman–Crippen LogP) is 3.99. The molecule has 21 heavy (non-hydrogen) atoms. The zero-order valence-electron chi connectivity index (χ0n) is 10.2. The summed E-state index contributed by atoms with van der Waals surface area (Å²) >= 11 is 17.3. The van der Waals surface area contributed by atoms with Gasteiger partial charge in [-0.15, -0.1) is 0 Å². The van der Waals surface area contributed by atoms with Crippen LogP contribution in [0.4, 0.5) is 5.69 Å². The molecule has 1 heterocycles. The monoisotopic (exact) mass is 344 g/mol. The minimum Gasteiger partial charge on any atom is -0.478 e. The van der Waals surface area contributed by atoms with Crippen LogP contribution in [0.1, 0.15) is 20.7 Å². The third-order valence-electron chi connectivity index (χ3n) is 2.48. The number of carboxylic acids is 1. The average Bonchev–Trinajstić information content (AvgIpc) is 2.37. The van der Waals surface area contributed by atoms with Crippen LogP contribution in [0.5, 0.6) is 0 Å². The molecule has 0 aliphatic heterocycles. The molecule has 0 atom stereocenters. The fourth-order valence-electron chi connectivity index (χ4n) is 1.57. The van der Waals surface area contributed by atoms with Crippen LogP contribution in [0.15, 0.2) is 30.3 Å². The van der Waals surface area contributed by atoms with Gasteiger partial charge >= 0.3 is 5.97 Å². The number of benzene rings is 1. The summed E-state index contributed by atoms with van der Waals surface area (Å²) < 4.78 is 0. The molecule has 0 fully saturated rings. The third-order valence-corrected chi connectivity index (χ3v) is 3.18. The molecular formula is C13H7Cl3N2O3. The third kappa shape index (κ3) is 3.85. The van der Waals surface area contributed by atoms with E-state index < -0.39 is 11.9 Å². The number of carboxylic acid groups (broad SMARTS) is 1. The Morgan fingerprint density at radius 3 is 2.19 bits per heavy atom. The summed E-state index contributed by atoms with van der Waals surface area (Å²) in [5.41, 5.74) is 0.516. The predicted molar refractivity (Wildman–Crippen MR) is 80.6 cm³/mol. The molecule has 2 aromatic rings. The van der Waals surface area contributed by atoms with Crippen LogP contribution < -0.4 is 5.32 Å². The highest BCUT2D eigenvalue weighted by atomic mass is 35.5. The number of hydrogen-bond donors (Lipinski definition) is 2. The number of amides is 1. The summed E-state index contributed by atoms with van der Waals surface area (Å²) in [7, 11) is 0. The summed E-state index contributed by atoms with van der Waals surface area (Å²) in [5.74, 6) is -1.62. The van der Waals surface area contributed by atoms with Crippen LogP contribution in [0.2, 0.25) is 15.3 Å². The second-order valence-corrected chi connectivity index (χ2v) is 5.14. The highest BCUT2D eigenvalue weighted by Crippen LogP contribution is 2.22.